The van der Waals surface area contributed by atoms with Gasteiger partial charge >= 0.3 is 0 Å². The highest BCUT2D eigenvalue weighted by atomic mass is 19.1. The van der Waals surface area contributed by atoms with E-state index in [0.29, 0.717) is 5.56 Å². The van der Waals surface area contributed by atoms with Crippen molar-refractivity contribution >= 4 is 0 Å². The van der Waals surface area contributed by atoms with Crippen molar-refractivity contribution < 1.29 is 4.39 Å². The van der Waals surface area contributed by atoms with Gasteiger partial charge in [-0.1, -0.05) is 30.3 Å². The SMILES string of the molecule is Cc1ccc(-c2ccc(CC#N)c(F)c2)cc1C. The van der Waals surface area contributed by atoms with Crippen LogP contribution in [0.4, 0.5) is 4.39 Å². The van der Waals surface area contributed by atoms with Crippen molar-refractivity contribution in [2.75, 3.05) is 0 Å². The molecule has 0 radical (unpaired) electrons. The van der Waals surface area contributed by atoms with E-state index in [1.165, 1.54) is 17.2 Å². The Hall–Kier alpha value is -2.14. The van der Waals surface area contributed by atoms with Crippen molar-refractivity contribution in [3.63, 3.8) is 0 Å². The Morgan fingerprint density at radius 2 is 1.67 bits per heavy atom. The minimum Gasteiger partial charge on any atom is -0.207 e. The van der Waals surface area contributed by atoms with Gasteiger partial charge in [-0.15, -0.1) is 0 Å². The van der Waals surface area contributed by atoms with Crippen LogP contribution < -0.4 is 0 Å². The maximum absolute atomic E-state index is 13.8. The molecule has 0 saturated heterocycles. The molecule has 0 aliphatic carbocycles. The molecule has 0 amide bonds. The summed E-state index contributed by atoms with van der Waals surface area (Å²) in [5.41, 5.74) is 4.71. The van der Waals surface area contributed by atoms with Crippen molar-refractivity contribution in [2.24, 2.45) is 0 Å². The summed E-state index contributed by atoms with van der Waals surface area (Å²) in [5, 5.41) is 8.58. The van der Waals surface area contributed by atoms with Gasteiger partial charge in [0.05, 0.1) is 12.5 Å². The number of halogens is 1. The molecule has 1 nitrogen and oxygen atoms in total. The third kappa shape index (κ3) is 2.41. The van der Waals surface area contributed by atoms with E-state index in [1.54, 1.807) is 6.07 Å². The Bertz CT molecular complexity index is 623. The van der Waals surface area contributed by atoms with Crippen LogP contribution in [0, 0.1) is 31.0 Å². The third-order valence-electron chi connectivity index (χ3n) is 3.16. The van der Waals surface area contributed by atoms with E-state index in [2.05, 4.69) is 6.92 Å². The van der Waals surface area contributed by atoms with Crippen LogP contribution in [0.2, 0.25) is 0 Å². The number of nitriles is 1. The minimum absolute atomic E-state index is 0.110. The molecule has 2 aromatic rings. The zero-order chi connectivity index (χ0) is 13.1. The predicted molar refractivity (Wildman–Crippen MR) is 70.6 cm³/mol. The van der Waals surface area contributed by atoms with Crippen LogP contribution in [0.15, 0.2) is 36.4 Å². The molecule has 2 aromatic carbocycles. The van der Waals surface area contributed by atoms with Gasteiger partial charge in [-0.25, -0.2) is 4.39 Å². The fourth-order valence-electron chi connectivity index (χ4n) is 1.88. The van der Waals surface area contributed by atoms with E-state index in [4.69, 9.17) is 5.26 Å². The first-order valence-electron chi connectivity index (χ1n) is 5.85. The topological polar surface area (TPSA) is 23.8 Å². The molecule has 2 rings (SSSR count). The molecule has 90 valence electrons. The van der Waals surface area contributed by atoms with Crippen LogP contribution in [-0.4, -0.2) is 0 Å². The molecule has 0 aliphatic rings. The van der Waals surface area contributed by atoms with Crippen molar-refractivity contribution in [1.29, 1.82) is 5.26 Å². The zero-order valence-electron chi connectivity index (χ0n) is 10.5. The highest BCUT2D eigenvalue weighted by Crippen LogP contribution is 2.24. The summed E-state index contributed by atoms with van der Waals surface area (Å²) in [7, 11) is 0. The number of aryl methyl sites for hydroxylation is 2. The molecule has 0 heterocycles. The fourth-order valence-corrected chi connectivity index (χ4v) is 1.88. The van der Waals surface area contributed by atoms with Crippen LogP contribution in [-0.2, 0) is 6.42 Å². The Kier molecular flexibility index (Phi) is 3.43. The zero-order valence-corrected chi connectivity index (χ0v) is 10.5. The molecule has 0 N–H and O–H groups in total. The largest absolute Gasteiger partial charge is 0.207 e. The van der Waals surface area contributed by atoms with Crippen molar-refractivity contribution in [1.82, 2.24) is 0 Å². The van der Waals surface area contributed by atoms with E-state index in [1.807, 2.05) is 37.3 Å². The predicted octanol–water partition coefficient (Wildman–Crippen LogP) is 4.18. The van der Waals surface area contributed by atoms with Gasteiger partial charge in [0.1, 0.15) is 5.82 Å². The molecular weight excluding hydrogens is 225 g/mol. The normalized spacial score (nSPS) is 10.1. The maximum atomic E-state index is 13.8. The first-order valence-corrected chi connectivity index (χ1v) is 5.85. The fraction of sp³-hybridized carbons (Fsp3) is 0.188. The molecule has 0 atom stereocenters. The quantitative estimate of drug-likeness (QED) is 0.771. The minimum atomic E-state index is -0.313. The van der Waals surface area contributed by atoms with E-state index >= 15 is 0 Å². The molecule has 18 heavy (non-hydrogen) atoms. The van der Waals surface area contributed by atoms with Gasteiger partial charge in [-0.3, -0.25) is 0 Å². The second-order valence-electron chi connectivity index (χ2n) is 4.44. The first kappa shape index (κ1) is 12.3. The average molecular weight is 239 g/mol. The van der Waals surface area contributed by atoms with Gasteiger partial charge in [0.15, 0.2) is 0 Å². The summed E-state index contributed by atoms with van der Waals surface area (Å²) in [6.45, 7) is 4.09. The summed E-state index contributed by atoms with van der Waals surface area (Å²) >= 11 is 0. The van der Waals surface area contributed by atoms with Crippen LogP contribution in [0.1, 0.15) is 16.7 Å². The van der Waals surface area contributed by atoms with E-state index in [0.717, 1.165) is 11.1 Å². The molecule has 0 fully saturated rings. The number of hydrogen-bond acceptors (Lipinski definition) is 1. The Morgan fingerprint density at radius 3 is 2.28 bits per heavy atom. The van der Waals surface area contributed by atoms with Gasteiger partial charge < -0.3 is 0 Å². The summed E-state index contributed by atoms with van der Waals surface area (Å²) in [6, 6.07) is 13.1. The molecule has 0 saturated carbocycles. The number of hydrogen-bond donors (Lipinski definition) is 0. The molecular formula is C16H14FN. The number of rotatable bonds is 2. The van der Waals surface area contributed by atoms with Crippen LogP contribution >= 0.6 is 0 Å². The molecule has 0 aromatic heterocycles. The number of benzene rings is 2. The monoisotopic (exact) mass is 239 g/mol. The lowest BCUT2D eigenvalue weighted by atomic mass is 9.99. The molecule has 2 heteroatoms. The van der Waals surface area contributed by atoms with Crippen LogP contribution in [0.5, 0.6) is 0 Å². The molecule has 0 spiro atoms. The van der Waals surface area contributed by atoms with Crippen molar-refractivity contribution in [3.8, 4) is 17.2 Å². The molecule has 0 aliphatic heterocycles. The Labute approximate surface area is 107 Å². The second-order valence-corrected chi connectivity index (χ2v) is 4.44. The van der Waals surface area contributed by atoms with E-state index < -0.39 is 0 Å². The van der Waals surface area contributed by atoms with Crippen molar-refractivity contribution in [3.05, 3.63) is 58.9 Å². The van der Waals surface area contributed by atoms with Crippen LogP contribution in [0.25, 0.3) is 11.1 Å². The van der Waals surface area contributed by atoms with E-state index in [9.17, 15) is 4.39 Å². The van der Waals surface area contributed by atoms with Gasteiger partial charge in [0, 0.05) is 5.56 Å². The third-order valence-corrected chi connectivity index (χ3v) is 3.16. The van der Waals surface area contributed by atoms with Crippen LogP contribution in [0.3, 0.4) is 0 Å². The Balaban J connectivity index is 2.43. The highest BCUT2D eigenvalue weighted by molar-refractivity contribution is 5.65. The van der Waals surface area contributed by atoms with Gasteiger partial charge in [0.2, 0.25) is 0 Å². The van der Waals surface area contributed by atoms with E-state index in [-0.39, 0.29) is 12.2 Å². The summed E-state index contributed by atoms with van der Waals surface area (Å²) < 4.78 is 13.8. The first-order chi connectivity index (χ1) is 8.61. The average Bonchev–Trinajstić information content (AvgIpc) is 2.35. The van der Waals surface area contributed by atoms with Gasteiger partial charge in [-0.2, -0.15) is 5.26 Å². The summed E-state index contributed by atoms with van der Waals surface area (Å²) in [6.07, 6.45) is 0.110. The Morgan fingerprint density at radius 1 is 1.00 bits per heavy atom. The van der Waals surface area contributed by atoms with Crippen molar-refractivity contribution in [2.45, 2.75) is 20.3 Å². The molecule has 0 unspecified atom stereocenters. The summed E-state index contributed by atoms with van der Waals surface area (Å²) in [4.78, 5) is 0. The lowest BCUT2D eigenvalue weighted by Gasteiger charge is -2.07. The standard InChI is InChI=1S/C16H14FN/c1-11-3-4-14(9-12(11)2)15-6-5-13(7-8-18)16(17)10-15/h3-6,9-10H,7H2,1-2H3. The van der Waals surface area contributed by atoms with Gasteiger partial charge in [0.25, 0.3) is 0 Å². The molecule has 0 bridgehead atoms. The number of nitrogens with zero attached hydrogens (tertiary/aromatic N) is 1. The lowest BCUT2D eigenvalue weighted by Crippen LogP contribution is -1.90. The summed E-state index contributed by atoms with van der Waals surface area (Å²) in [5.74, 6) is -0.313. The highest BCUT2D eigenvalue weighted by Gasteiger charge is 2.05. The van der Waals surface area contributed by atoms with Gasteiger partial charge in [-0.05, 0) is 42.2 Å². The smallest absolute Gasteiger partial charge is 0.128 e. The lowest BCUT2D eigenvalue weighted by molar-refractivity contribution is 0.616. The second kappa shape index (κ2) is 5.01. The maximum Gasteiger partial charge on any atom is 0.128 e.